The summed E-state index contributed by atoms with van der Waals surface area (Å²) in [5.74, 6) is 0.807. The van der Waals surface area contributed by atoms with E-state index in [2.05, 4.69) is 43.3 Å². The number of rotatable bonds is 5. The Morgan fingerprint density at radius 2 is 2.39 bits per heavy atom. The Morgan fingerprint density at radius 1 is 1.44 bits per heavy atom. The van der Waals surface area contributed by atoms with Crippen molar-refractivity contribution in [2.75, 3.05) is 13.6 Å². The summed E-state index contributed by atoms with van der Waals surface area (Å²) < 4.78 is 0. The molecule has 18 heavy (non-hydrogen) atoms. The fourth-order valence-electron chi connectivity index (χ4n) is 1.54. The number of guanidine groups is 1. The highest BCUT2D eigenvalue weighted by Gasteiger charge is 1.99. The molecule has 5 nitrogen and oxygen atoms in total. The number of aromatic nitrogens is 2. The van der Waals surface area contributed by atoms with Gasteiger partial charge in [0.15, 0.2) is 5.96 Å². The quantitative estimate of drug-likeness (QED) is 0.564. The number of hydrogen-bond acceptors (Lipinski definition) is 3. The van der Waals surface area contributed by atoms with Crippen LogP contribution in [0.1, 0.15) is 10.6 Å². The molecule has 6 heteroatoms. The third kappa shape index (κ3) is 3.89. The minimum Gasteiger partial charge on any atom is -0.356 e. The predicted molar refractivity (Wildman–Crippen MR) is 74.8 cm³/mol. The van der Waals surface area contributed by atoms with E-state index in [0.29, 0.717) is 6.54 Å². The van der Waals surface area contributed by atoms with E-state index in [0.717, 1.165) is 24.6 Å². The molecule has 0 aliphatic carbocycles. The number of thiophene rings is 1. The summed E-state index contributed by atoms with van der Waals surface area (Å²) in [6.45, 7) is 1.57. The van der Waals surface area contributed by atoms with Crippen LogP contribution in [-0.4, -0.2) is 29.7 Å². The van der Waals surface area contributed by atoms with Gasteiger partial charge in [0.25, 0.3) is 0 Å². The molecule has 2 heterocycles. The number of aliphatic imine (C=N–C) groups is 1. The van der Waals surface area contributed by atoms with Gasteiger partial charge in [-0.3, -0.25) is 10.1 Å². The predicted octanol–water partition coefficient (Wildman–Crippen LogP) is 1.38. The molecule has 0 atom stereocenters. The second kappa shape index (κ2) is 6.80. The lowest BCUT2D eigenvalue weighted by Crippen LogP contribution is -2.37. The van der Waals surface area contributed by atoms with E-state index in [1.54, 1.807) is 24.6 Å². The summed E-state index contributed by atoms with van der Waals surface area (Å²) >= 11 is 1.78. The van der Waals surface area contributed by atoms with Gasteiger partial charge < -0.3 is 10.6 Å². The first-order valence-corrected chi connectivity index (χ1v) is 6.71. The van der Waals surface area contributed by atoms with Gasteiger partial charge in [0.05, 0.1) is 12.2 Å². The van der Waals surface area contributed by atoms with E-state index in [9.17, 15) is 0 Å². The van der Waals surface area contributed by atoms with E-state index in [-0.39, 0.29) is 0 Å². The average molecular weight is 263 g/mol. The molecule has 0 saturated carbocycles. The third-order valence-corrected chi connectivity index (χ3v) is 3.41. The SMILES string of the molecule is CN=C(NCCc1cccs1)NCc1ccn[nH]1. The highest BCUT2D eigenvalue weighted by atomic mass is 32.1. The van der Waals surface area contributed by atoms with Gasteiger partial charge in [0.1, 0.15) is 0 Å². The molecule has 0 aliphatic rings. The monoisotopic (exact) mass is 263 g/mol. The average Bonchev–Trinajstić information content (AvgIpc) is 3.06. The lowest BCUT2D eigenvalue weighted by atomic mass is 10.3. The molecular weight excluding hydrogens is 246 g/mol. The molecular formula is C12H17N5S. The van der Waals surface area contributed by atoms with Crippen LogP contribution >= 0.6 is 11.3 Å². The van der Waals surface area contributed by atoms with Crippen molar-refractivity contribution in [2.24, 2.45) is 4.99 Å². The first-order valence-electron chi connectivity index (χ1n) is 5.83. The third-order valence-electron chi connectivity index (χ3n) is 2.47. The first kappa shape index (κ1) is 12.6. The molecule has 0 bridgehead atoms. The van der Waals surface area contributed by atoms with Crippen molar-refractivity contribution < 1.29 is 0 Å². The second-order valence-electron chi connectivity index (χ2n) is 3.76. The smallest absolute Gasteiger partial charge is 0.191 e. The maximum absolute atomic E-state index is 4.17. The van der Waals surface area contributed by atoms with Gasteiger partial charge in [-0.2, -0.15) is 5.10 Å². The highest BCUT2D eigenvalue weighted by Crippen LogP contribution is 2.07. The number of aromatic amines is 1. The van der Waals surface area contributed by atoms with Crippen LogP contribution < -0.4 is 10.6 Å². The van der Waals surface area contributed by atoms with E-state index >= 15 is 0 Å². The number of nitrogens with zero attached hydrogens (tertiary/aromatic N) is 2. The maximum atomic E-state index is 4.17. The number of hydrogen-bond donors (Lipinski definition) is 3. The molecule has 0 spiro atoms. The van der Waals surface area contributed by atoms with Gasteiger partial charge in [-0.05, 0) is 23.9 Å². The zero-order valence-electron chi connectivity index (χ0n) is 10.3. The van der Waals surface area contributed by atoms with Crippen molar-refractivity contribution in [2.45, 2.75) is 13.0 Å². The van der Waals surface area contributed by atoms with Crippen LogP contribution in [0.15, 0.2) is 34.8 Å². The van der Waals surface area contributed by atoms with Crippen molar-refractivity contribution in [3.63, 3.8) is 0 Å². The summed E-state index contributed by atoms with van der Waals surface area (Å²) in [5.41, 5.74) is 1.04. The van der Waals surface area contributed by atoms with Crippen LogP contribution in [-0.2, 0) is 13.0 Å². The molecule has 2 rings (SSSR count). The molecule has 0 unspecified atom stereocenters. The number of nitrogens with one attached hydrogen (secondary N) is 3. The Labute approximate surface area is 110 Å². The van der Waals surface area contributed by atoms with Gasteiger partial charge in [0, 0.05) is 24.7 Å². The summed E-state index contributed by atoms with van der Waals surface area (Å²) in [6.07, 6.45) is 2.76. The van der Waals surface area contributed by atoms with Gasteiger partial charge in [0.2, 0.25) is 0 Å². The maximum Gasteiger partial charge on any atom is 0.191 e. The van der Waals surface area contributed by atoms with Crippen LogP contribution in [0.2, 0.25) is 0 Å². The summed E-state index contributed by atoms with van der Waals surface area (Å²) in [4.78, 5) is 5.55. The van der Waals surface area contributed by atoms with Gasteiger partial charge in [-0.15, -0.1) is 11.3 Å². The minimum atomic E-state index is 0.693. The zero-order chi connectivity index (χ0) is 12.6. The van der Waals surface area contributed by atoms with E-state index < -0.39 is 0 Å². The molecule has 0 fully saturated rings. The Balaban J connectivity index is 1.69. The highest BCUT2D eigenvalue weighted by molar-refractivity contribution is 7.09. The Hall–Kier alpha value is -1.82. The summed E-state index contributed by atoms with van der Waals surface area (Å²) in [5, 5.41) is 15.4. The molecule has 0 radical (unpaired) electrons. The van der Waals surface area contributed by atoms with Crippen LogP contribution in [0.4, 0.5) is 0 Å². The molecule has 0 amide bonds. The summed E-state index contributed by atoms with van der Waals surface area (Å²) in [7, 11) is 1.77. The molecule has 2 aromatic heterocycles. The standard InChI is InChI=1S/C12H17N5S/c1-13-12(15-9-10-4-7-16-17-10)14-6-5-11-3-2-8-18-11/h2-4,7-8H,5-6,9H2,1H3,(H,16,17)(H2,13,14,15). The lowest BCUT2D eigenvalue weighted by Gasteiger charge is -2.10. The van der Waals surface area contributed by atoms with E-state index in [1.165, 1.54) is 4.88 Å². The second-order valence-corrected chi connectivity index (χ2v) is 4.80. The van der Waals surface area contributed by atoms with Gasteiger partial charge in [-0.25, -0.2) is 0 Å². The van der Waals surface area contributed by atoms with Gasteiger partial charge >= 0.3 is 0 Å². The normalized spacial score (nSPS) is 11.5. The topological polar surface area (TPSA) is 65.1 Å². The van der Waals surface area contributed by atoms with Crippen molar-refractivity contribution in [3.05, 3.63) is 40.3 Å². The van der Waals surface area contributed by atoms with E-state index in [1.807, 2.05) is 6.07 Å². The molecule has 0 saturated heterocycles. The van der Waals surface area contributed by atoms with Crippen LogP contribution in [0.25, 0.3) is 0 Å². The lowest BCUT2D eigenvalue weighted by molar-refractivity contribution is 0.783. The fraction of sp³-hybridized carbons (Fsp3) is 0.333. The van der Waals surface area contributed by atoms with Crippen molar-refractivity contribution in [1.82, 2.24) is 20.8 Å². The molecule has 2 aromatic rings. The molecule has 96 valence electrons. The van der Waals surface area contributed by atoms with Crippen LogP contribution in [0.5, 0.6) is 0 Å². The Kier molecular flexibility index (Phi) is 4.78. The molecule has 0 aliphatic heterocycles. The van der Waals surface area contributed by atoms with Crippen molar-refractivity contribution >= 4 is 17.3 Å². The largest absolute Gasteiger partial charge is 0.356 e. The first-order chi connectivity index (χ1) is 8.88. The Bertz CT molecular complexity index is 461. The zero-order valence-corrected chi connectivity index (χ0v) is 11.1. The summed E-state index contributed by atoms with van der Waals surface area (Å²) in [6, 6.07) is 6.16. The molecule has 0 aromatic carbocycles. The van der Waals surface area contributed by atoms with Crippen molar-refractivity contribution in [3.8, 4) is 0 Å². The van der Waals surface area contributed by atoms with Crippen LogP contribution in [0, 0.1) is 0 Å². The van der Waals surface area contributed by atoms with Crippen molar-refractivity contribution in [1.29, 1.82) is 0 Å². The number of H-pyrrole nitrogens is 1. The Morgan fingerprint density at radius 3 is 3.06 bits per heavy atom. The van der Waals surface area contributed by atoms with Gasteiger partial charge in [-0.1, -0.05) is 6.07 Å². The fourth-order valence-corrected chi connectivity index (χ4v) is 2.25. The van der Waals surface area contributed by atoms with Crippen LogP contribution in [0.3, 0.4) is 0 Å². The minimum absolute atomic E-state index is 0.693. The molecule has 3 N–H and O–H groups in total. The van der Waals surface area contributed by atoms with E-state index in [4.69, 9.17) is 0 Å².